The lowest BCUT2D eigenvalue weighted by Crippen LogP contribution is -2.37. The summed E-state index contributed by atoms with van der Waals surface area (Å²) in [5.41, 5.74) is 7.51. The Bertz CT molecular complexity index is 607. The Balaban J connectivity index is 1.80. The molecule has 3 N–H and O–H groups in total. The van der Waals surface area contributed by atoms with Crippen molar-refractivity contribution in [1.82, 2.24) is 9.97 Å². The average molecular weight is 290 g/mol. The maximum absolute atomic E-state index is 6.22. The molecule has 2 aromatic heterocycles. The van der Waals surface area contributed by atoms with Gasteiger partial charge in [0.25, 0.3) is 0 Å². The van der Waals surface area contributed by atoms with E-state index in [9.17, 15) is 0 Å². The Kier molecular flexibility index (Phi) is 3.89. The molecule has 4 nitrogen and oxygen atoms in total. The van der Waals surface area contributed by atoms with Gasteiger partial charge in [0.1, 0.15) is 17.0 Å². The Morgan fingerprint density at radius 3 is 2.90 bits per heavy atom. The van der Waals surface area contributed by atoms with E-state index in [-0.39, 0.29) is 0 Å². The van der Waals surface area contributed by atoms with Crippen LogP contribution in [-0.2, 0) is 0 Å². The van der Waals surface area contributed by atoms with Gasteiger partial charge >= 0.3 is 0 Å². The molecule has 1 aliphatic carbocycles. The van der Waals surface area contributed by atoms with E-state index in [0.29, 0.717) is 12.0 Å². The average Bonchev–Trinajstić information content (AvgIpc) is 2.74. The first-order chi connectivity index (χ1) is 9.66. The highest BCUT2D eigenvalue weighted by Crippen LogP contribution is 2.33. The van der Waals surface area contributed by atoms with Crippen LogP contribution in [0.15, 0.2) is 6.33 Å². The minimum absolute atomic E-state index is 0.332. The molecule has 0 aromatic carbocycles. The highest BCUT2D eigenvalue weighted by molar-refractivity contribution is 7.18. The summed E-state index contributed by atoms with van der Waals surface area (Å²) in [6.45, 7) is 5.21. The predicted molar refractivity (Wildman–Crippen MR) is 85.3 cm³/mol. The third-order valence-electron chi connectivity index (χ3n) is 4.46. The molecule has 0 radical (unpaired) electrons. The minimum atomic E-state index is 0.332. The number of anilines is 1. The van der Waals surface area contributed by atoms with Crippen LogP contribution in [0.1, 0.15) is 36.1 Å². The second-order valence-electron chi connectivity index (χ2n) is 5.77. The number of hydrogen-bond donors (Lipinski definition) is 2. The standard InChI is InChI=1S/C15H22N4S/c1-9-10(2)20-15-13(9)14(18-8-19-15)17-7-11-5-3-4-6-12(11)16/h8,11-12H,3-7,16H2,1-2H3,(H,17,18,19). The molecule has 1 saturated carbocycles. The van der Waals surface area contributed by atoms with Gasteiger partial charge in [-0.05, 0) is 38.2 Å². The first kappa shape index (κ1) is 13.8. The molecule has 1 fully saturated rings. The molecule has 3 rings (SSSR count). The highest BCUT2D eigenvalue weighted by Gasteiger charge is 2.22. The summed E-state index contributed by atoms with van der Waals surface area (Å²) in [7, 11) is 0. The molecular formula is C15H22N4S. The monoisotopic (exact) mass is 290 g/mol. The summed E-state index contributed by atoms with van der Waals surface area (Å²) >= 11 is 1.74. The van der Waals surface area contributed by atoms with Crippen LogP contribution in [0, 0.1) is 19.8 Å². The van der Waals surface area contributed by atoms with Gasteiger partial charge in [0.05, 0.1) is 5.39 Å². The van der Waals surface area contributed by atoms with Gasteiger partial charge in [0, 0.05) is 17.5 Å². The topological polar surface area (TPSA) is 63.8 Å². The van der Waals surface area contributed by atoms with Crippen molar-refractivity contribution in [2.24, 2.45) is 11.7 Å². The fraction of sp³-hybridized carbons (Fsp3) is 0.600. The molecule has 0 amide bonds. The van der Waals surface area contributed by atoms with E-state index in [1.807, 2.05) is 0 Å². The largest absolute Gasteiger partial charge is 0.369 e. The van der Waals surface area contributed by atoms with Crippen molar-refractivity contribution in [2.45, 2.75) is 45.6 Å². The lowest BCUT2D eigenvalue weighted by Gasteiger charge is -2.28. The van der Waals surface area contributed by atoms with Crippen molar-refractivity contribution >= 4 is 27.4 Å². The summed E-state index contributed by atoms with van der Waals surface area (Å²) in [6, 6.07) is 0.332. The van der Waals surface area contributed by atoms with Gasteiger partial charge in [0.15, 0.2) is 0 Å². The second-order valence-corrected chi connectivity index (χ2v) is 6.98. The third kappa shape index (κ3) is 2.52. The first-order valence-corrected chi connectivity index (χ1v) is 8.18. The van der Waals surface area contributed by atoms with Crippen molar-refractivity contribution in [3.05, 3.63) is 16.8 Å². The van der Waals surface area contributed by atoms with Crippen molar-refractivity contribution in [2.75, 3.05) is 11.9 Å². The Morgan fingerprint density at radius 1 is 1.30 bits per heavy atom. The van der Waals surface area contributed by atoms with E-state index in [4.69, 9.17) is 5.73 Å². The van der Waals surface area contributed by atoms with Gasteiger partial charge < -0.3 is 11.1 Å². The molecule has 0 spiro atoms. The number of rotatable bonds is 3. The molecule has 5 heteroatoms. The predicted octanol–water partition coefficient (Wildman–Crippen LogP) is 3.24. The van der Waals surface area contributed by atoms with Crippen LogP contribution < -0.4 is 11.1 Å². The van der Waals surface area contributed by atoms with Crippen LogP contribution in [0.2, 0.25) is 0 Å². The maximum Gasteiger partial charge on any atom is 0.138 e. The highest BCUT2D eigenvalue weighted by atomic mass is 32.1. The van der Waals surface area contributed by atoms with Gasteiger partial charge in [-0.15, -0.1) is 11.3 Å². The molecule has 20 heavy (non-hydrogen) atoms. The van der Waals surface area contributed by atoms with Gasteiger partial charge in [-0.25, -0.2) is 9.97 Å². The third-order valence-corrected chi connectivity index (χ3v) is 5.58. The van der Waals surface area contributed by atoms with Crippen molar-refractivity contribution in [3.63, 3.8) is 0 Å². The number of aromatic nitrogens is 2. The summed E-state index contributed by atoms with van der Waals surface area (Å²) in [4.78, 5) is 11.2. The number of hydrogen-bond acceptors (Lipinski definition) is 5. The van der Waals surface area contributed by atoms with Crippen LogP contribution in [0.4, 0.5) is 5.82 Å². The maximum atomic E-state index is 6.22. The first-order valence-electron chi connectivity index (χ1n) is 7.37. The van der Waals surface area contributed by atoms with Crippen LogP contribution in [0.5, 0.6) is 0 Å². The number of nitrogens with zero attached hydrogens (tertiary/aromatic N) is 2. The Hall–Kier alpha value is -1.20. The smallest absolute Gasteiger partial charge is 0.138 e. The van der Waals surface area contributed by atoms with E-state index in [1.54, 1.807) is 17.7 Å². The number of aryl methyl sites for hydroxylation is 2. The van der Waals surface area contributed by atoms with Gasteiger partial charge in [0.2, 0.25) is 0 Å². The molecule has 2 aromatic rings. The van der Waals surface area contributed by atoms with Crippen molar-refractivity contribution < 1.29 is 0 Å². The molecule has 108 valence electrons. The van der Waals surface area contributed by atoms with Gasteiger partial charge in [-0.1, -0.05) is 12.8 Å². The van der Waals surface area contributed by atoms with Crippen LogP contribution >= 0.6 is 11.3 Å². The molecule has 0 saturated heterocycles. The number of thiophene rings is 1. The zero-order valence-electron chi connectivity index (χ0n) is 12.1. The molecule has 1 aliphatic rings. The lowest BCUT2D eigenvalue weighted by atomic mass is 9.85. The van der Waals surface area contributed by atoms with Crippen LogP contribution in [0.25, 0.3) is 10.2 Å². The zero-order chi connectivity index (χ0) is 14.1. The minimum Gasteiger partial charge on any atom is -0.369 e. The van der Waals surface area contributed by atoms with E-state index in [1.165, 1.54) is 35.1 Å². The van der Waals surface area contributed by atoms with E-state index in [2.05, 4.69) is 29.1 Å². The molecule has 2 heterocycles. The number of nitrogens with two attached hydrogens (primary N) is 1. The van der Waals surface area contributed by atoms with Crippen LogP contribution in [0.3, 0.4) is 0 Å². The van der Waals surface area contributed by atoms with Gasteiger partial charge in [-0.2, -0.15) is 0 Å². The summed E-state index contributed by atoms with van der Waals surface area (Å²) in [5, 5.41) is 4.70. The van der Waals surface area contributed by atoms with E-state index >= 15 is 0 Å². The normalized spacial score (nSPS) is 23.1. The fourth-order valence-electron chi connectivity index (χ4n) is 3.03. The number of fused-ring (bicyclic) bond motifs is 1. The van der Waals surface area contributed by atoms with E-state index in [0.717, 1.165) is 23.6 Å². The van der Waals surface area contributed by atoms with Crippen LogP contribution in [-0.4, -0.2) is 22.6 Å². The summed E-state index contributed by atoms with van der Waals surface area (Å²) < 4.78 is 0. The molecule has 0 aliphatic heterocycles. The van der Waals surface area contributed by atoms with E-state index < -0.39 is 0 Å². The van der Waals surface area contributed by atoms with Gasteiger partial charge in [-0.3, -0.25) is 0 Å². The Morgan fingerprint density at radius 2 is 2.10 bits per heavy atom. The molecular weight excluding hydrogens is 268 g/mol. The second kappa shape index (κ2) is 5.66. The molecule has 2 unspecified atom stereocenters. The lowest BCUT2D eigenvalue weighted by molar-refractivity contribution is 0.321. The quantitative estimate of drug-likeness (QED) is 0.911. The zero-order valence-corrected chi connectivity index (χ0v) is 13.0. The summed E-state index contributed by atoms with van der Waals surface area (Å²) in [6.07, 6.45) is 6.61. The molecule has 0 bridgehead atoms. The van der Waals surface area contributed by atoms with Crippen molar-refractivity contribution in [1.29, 1.82) is 0 Å². The summed E-state index contributed by atoms with van der Waals surface area (Å²) in [5.74, 6) is 1.53. The fourth-order valence-corrected chi connectivity index (χ4v) is 4.03. The Labute approximate surface area is 123 Å². The SMILES string of the molecule is Cc1sc2ncnc(NCC3CCCCC3N)c2c1C. The number of nitrogens with one attached hydrogen (secondary N) is 1. The molecule has 2 atom stereocenters. The van der Waals surface area contributed by atoms with Crippen molar-refractivity contribution in [3.8, 4) is 0 Å².